The monoisotopic (exact) mass is 536 g/mol. The minimum atomic E-state index is 0. The van der Waals surface area contributed by atoms with Gasteiger partial charge in [-0.1, -0.05) is 62.6 Å². The van der Waals surface area contributed by atoms with Crippen LogP contribution < -0.4 is 24.8 Å². The normalized spacial score (nSPS) is 12.4. The van der Waals surface area contributed by atoms with Gasteiger partial charge in [0.05, 0.1) is 0 Å². The van der Waals surface area contributed by atoms with E-state index in [0.29, 0.717) is 5.41 Å². The molecule has 25 heavy (non-hydrogen) atoms. The van der Waals surface area contributed by atoms with E-state index >= 15 is 0 Å². The molecule has 3 heteroatoms. The maximum absolute atomic E-state index is 3.16. The van der Waals surface area contributed by atoms with Gasteiger partial charge in [0.2, 0.25) is 0 Å². The number of halogens is 2. The van der Waals surface area contributed by atoms with Gasteiger partial charge in [-0.15, -0.1) is 46.2 Å². The van der Waals surface area contributed by atoms with Crippen molar-refractivity contribution in [2.75, 3.05) is 0 Å². The molecule has 0 atom stereocenters. The molecule has 0 heterocycles. The van der Waals surface area contributed by atoms with E-state index < -0.39 is 0 Å². The van der Waals surface area contributed by atoms with Gasteiger partial charge in [0.25, 0.3) is 0 Å². The van der Waals surface area contributed by atoms with Gasteiger partial charge >= 0.3 is 25.8 Å². The van der Waals surface area contributed by atoms with Crippen LogP contribution in [0.5, 0.6) is 0 Å². The summed E-state index contributed by atoms with van der Waals surface area (Å²) in [5.41, 5.74) is 1.74. The fourth-order valence-corrected chi connectivity index (χ4v) is 2.82. The first-order chi connectivity index (χ1) is 10.6. The van der Waals surface area contributed by atoms with Gasteiger partial charge in [-0.05, 0) is 0 Å². The number of fused-ring (bicyclic) bond motifs is 3. The molecular formula is C22H22Cl2Hf. The van der Waals surface area contributed by atoms with Crippen molar-refractivity contribution in [1.29, 1.82) is 0 Å². The third kappa shape index (κ3) is 5.88. The molecule has 4 rings (SSSR count). The first-order valence-corrected chi connectivity index (χ1v) is 7.86. The Hall–Kier alpha value is -0.760. The molecule has 0 amide bonds. The van der Waals surface area contributed by atoms with Gasteiger partial charge in [-0.2, -0.15) is 11.6 Å². The molecule has 1 aliphatic rings. The van der Waals surface area contributed by atoms with Crippen LogP contribution in [-0.2, 0) is 25.8 Å². The Balaban J connectivity index is 0.000000435. The van der Waals surface area contributed by atoms with Crippen LogP contribution in [0, 0.1) is 11.5 Å². The van der Waals surface area contributed by atoms with Crippen LogP contribution in [0.15, 0.2) is 72.3 Å². The fraction of sp³-hybridized carbons (Fsp3) is 0.227. The summed E-state index contributed by atoms with van der Waals surface area (Å²) in [6.45, 7) is 6.67. The minimum absolute atomic E-state index is 0. The minimum Gasteiger partial charge on any atom is -1.00 e. The molecule has 0 bridgehead atoms. The van der Waals surface area contributed by atoms with Crippen molar-refractivity contribution in [2.45, 2.75) is 27.2 Å². The van der Waals surface area contributed by atoms with Crippen LogP contribution in [0.2, 0.25) is 0 Å². The molecule has 0 aromatic heterocycles. The molecule has 3 aromatic carbocycles. The second-order valence-corrected chi connectivity index (χ2v) is 6.78. The molecule has 0 N–H and O–H groups in total. The number of benzene rings is 2. The van der Waals surface area contributed by atoms with Crippen LogP contribution in [0.3, 0.4) is 0 Å². The summed E-state index contributed by atoms with van der Waals surface area (Å²) in [6, 6.07) is 19.3. The molecule has 0 spiro atoms. The van der Waals surface area contributed by atoms with E-state index in [9.17, 15) is 0 Å². The average molecular weight is 536 g/mol. The molecule has 0 nitrogen and oxygen atoms in total. The summed E-state index contributed by atoms with van der Waals surface area (Å²) >= 11 is 0. The SMILES string of the molecule is CC(C)(C)C1=CC[C-]=C1.[Cl-].[Cl-].[Hf+4].c1ccc2c(c1)[cH-]c1ccccc12. The zero-order valence-electron chi connectivity index (χ0n) is 14.8. The molecule has 0 unspecified atom stereocenters. The Bertz CT molecular complexity index is 801. The van der Waals surface area contributed by atoms with Gasteiger partial charge in [0, 0.05) is 0 Å². The van der Waals surface area contributed by atoms with Crippen molar-refractivity contribution in [1.82, 2.24) is 0 Å². The Labute approximate surface area is 182 Å². The second kappa shape index (κ2) is 10.4. The van der Waals surface area contributed by atoms with E-state index in [1.54, 1.807) is 0 Å². The molecule has 128 valence electrons. The predicted molar refractivity (Wildman–Crippen MR) is 97.0 cm³/mol. The largest absolute Gasteiger partial charge is 4.00 e. The van der Waals surface area contributed by atoms with Gasteiger partial charge in [0.15, 0.2) is 0 Å². The van der Waals surface area contributed by atoms with Gasteiger partial charge in [-0.25, -0.2) is 6.08 Å². The summed E-state index contributed by atoms with van der Waals surface area (Å²) in [5.74, 6) is 0. The van der Waals surface area contributed by atoms with E-state index in [1.807, 2.05) is 0 Å². The molecule has 0 saturated carbocycles. The maximum atomic E-state index is 3.16. The summed E-state index contributed by atoms with van der Waals surface area (Å²) in [6.07, 6.45) is 8.50. The number of rotatable bonds is 0. The van der Waals surface area contributed by atoms with Crippen LogP contribution in [0.4, 0.5) is 0 Å². The third-order valence-electron chi connectivity index (χ3n) is 4.09. The summed E-state index contributed by atoms with van der Waals surface area (Å²) in [7, 11) is 0. The van der Waals surface area contributed by atoms with Crippen molar-refractivity contribution in [3.05, 3.63) is 78.4 Å². The van der Waals surface area contributed by atoms with Gasteiger partial charge < -0.3 is 24.8 Å². The summed E-state index contributed by atoms with van der Waals surface area (Å²) in [5, 5.41) is 5.39. The van der Waals surface area contributed by atoms with Crippen LogP contribution >= 0.6 is 0 Å². The second-order valence-electron chi connectivity index (χ2n) is 6.78. The van der Waals surface area contributed by atoms with Crippen molar-refractivity contribution >= 4 is 21.5 Å². The Kier molecular flexibility index (Phi) is 10.1. The summed E-state index contributed by atoms with van der Waals surface area (Å²) in [4.78, 5) is 0. The predicted octanol–water partition coefficient (Wildman–Crippen LogP) is 0.439. The van der Waals surface area contributed by atoms with E-state index in [0.717, 1.165) is 6.42 Å². The first-order valence-electron chi connectivity index (χ1n) is 7.86. The molecule has 0 fully saturated rings. The van der Waals surface area contributed by atoms with E-state index in [-0.39, 0.29) is 50.7 Å². The Morgan fingerprint density at radius 2 is 1.32 bits per heavy atom. The number of hydrogen-bond donors (Lipinski definition) is 0. The number of hydrogen-bond acceptors (Lipinski definition) is 0. The standard InChI is InChI=1S/C13H9.C9H13.2ClH.Hf/c1-3-7-12-10(5-1)9-11-6-2-4-8-13(11)12;1-9(2,3)8-6-4-5-7-8;;;/h1-9H;6-7H,4H2,1-3H3;2*1H;/q2*-1;;;+4/p-2. The Morgan fingerprint density at radius 1 is 0.840 bits per heavy atom. The topological polar surface area (TPSA) is 0 Å². The van der Waals surface area contributed by atoms with Gasteiger partial charge in [0.1, 0.15) is 0 Å². The van der Waals surface area contributed by atoms with Gasteiger partial charge in [-0.3, -0.25) is 6.08 Å². The van der Waals surface area contributed by atoms with Crippen LogP contribution in [0.1, 0.15) is 27.2 Å². The fourth-order valence-electron chi connectivity index (χ4n) is 2.82. The molecular weight excluding hydrogens is 514 g/mol. The van der Waals surface area contributed by atoms with Crippen molar-refractivity contribution < 1.29 is 50.7 Å². The van der Waals surface area contributed by atoms with E-state index in [1.165, 1.54) is 27.1 Å². The van der Waals surface area contributed by atoms with E-state index in [4.69, 9.17) is 0 Å². The summed E-state index contributed by atoms with van der Waals surface area (Å²) < 4.78 is 0. The molecule has 0 radical (unpaired) electrons. The molecule has 1 aliphatic carbocycles. The van der Waals surface area contributed by atoms with Crippen molar-refractivity contribution in [2.24, 2.45) is 5.41 Å². The molecule has 0 aliphatic heterocycles. The zero-order valence-corrected chi connectivity index (χ0v) is 19.9. The third-order valence-corrected chi connectivity index (χ3v) is 4.09. The average Bonchev–Trinajstić information content (AvgIpc) is 3.15. The molecule has 0 saturated heterocycles. The zero-order chi connectivity index (χ0) is 15.6. The van der Waals surface area contributed by atoms with Crippen LogP contribution in [0.25, 0.3) is 21.5 Å². The number of allylic oxidation sites excluding steroid dienone is 4. The van der Waals surface area contributed by atoms with Crippen molar-refractivity contribution in [3.8, 4) is 0 Å². The smallest absolute Gasteiger partial charge is 1.00 e. The molecule has 3 aromatic rings. The Morgan fingerprint density at radius 3 is 1.68 bits per heavy atom. The maximum Gasteiger partial charge on any atom is 4.00 e. The first kappa shape index (κ1) is 24.2. The van der Waals surface area contributed by atoms with Crippen molar-refractivity contribution in [3.63, 3.8) is 0 Å². The quantitative estimate of drug-likeness (QED) is 0.290. The van der Waals surface area contributed by atoms with Crippen LogP contribution in [-0.4, -0.2) is 0 Å². The van der Waals surface area contributed by atoms with E-state index in [2.05, 4.69) is 93.6 Å².